The van der Waals surface area contributed by atoms with Crippen molar-refractivity contribution >= 4 is 23.3 Å². The summed E-state index contributed by atoms with van der Waals surface area (Å²) >= 11 is 6.64. The highest BCUT2D eigenvalue weighted by Crippen LogP contribution is 2.50. The molecule has 0 bridgehead atoms. The zero-order chi connectivity index (χ0) is 31.3. The number of nitriles is 1. The molecule has 10 heteroatoms. The molecule has 8 nitrogen and oxygen atoms in total. The Hall–Kier alpha value is -3.22. The number of benzene rings is 1. The highest BCUT2D eigenvalue weighted by molar-refractivity contribution is 6.31. The topological polar surface area (TPSA) is 85.6 Å². The van der Waals surface area contributed by atoms with Gasteiger partial charge in [0, 0.05) is 47.7 Å². The highest BCUT2D eigenvalue weighted by Gasteiger charge is 2.45. The van der Waals surface area contributed by atoms with Crippen molar-refractivity contribution in [2.75, 3.05) is 38.2 Å². The number of ether oxygens (including phenoxy) is 1. The maximum absolute atomic E-state index is 13.9. The second-order valence-corrected chi connectivity index (χ2v) is 14.2. The summed E-state index contributed by atoms with van der Waals surface area (Å²) in [4.78, 5) is 28.8. The minimum Gasteiger partial charge on any atom is -0.462 e. The molecule has 1 amide bonds. The summed E-state index contributed by atoms with van der Waals surface area (Å²) < 4.78 is 20.4. The van der Waals surface area contributed by atoms with Crippen molar-refractivity contribution in [2.45, 2.75) is 94.2 Å². The lowest BCUT2D eigenvalue weighted by Gasteiger charge is -2.42. The minimum absolute atomic E-state index is 0.0204. The number of piperazine rings is 1. The monoisotopic (exact) mass is 632 g/mol. The van der Waals surface area contributed by atoms with Crippen LogP contribution in [0.5, 0.6) is 6.01 Å². The van der Waals surface area contributed by atoms with Crippen molar-refractivity contribution in [1.29, 1.82) is 5.26 Å². The molecule has 3 fully saturated rings. The van der Waals surface area contributed by atoms with Gasteiger partial charge in [0.2, 0.25) is 0 Å². The second-order valence-electron chi connectivity index (χ2n) is 13.8. The van der Waals surface area contributed by atoms with Gasteiger partial charge in [0.25, 0.3) is 5.91 Å². The number of carbonyl (C=O) groups excluding carboxylic acids is 1. The van der Waals surface area contributed by atoms with Gasteiger partial charge < -0.3 is 14.5 Å². The molecule has 2 saturated heterocycles. The Morgan fingerprint density at radius 3 is 2.76 bits per heavy atom. The number of halogens is 2. The van der Waals surface area contributed by atoms with Gasteiger partial charge in [0.05, 0.1) is 24.2 Å². The van der Waals surface area contributed by atoms with E-state index in [1.807, 2.05) is 6.07 Å². The smallest absolute Gasteiger partial charge is 0.318 e. The Morgan fingerprint density at radius 2 is 1.98 bits per heavy atom. The van der Waals surface area contributed by atoms with Crippen molar-refractivity contribution < 1.29 is 13.9 Å². The molecule has 2 aromatic rings. The molecule has 0 radical (unpaired) electrons. The SMILES string of the molecule is C=C(F)C(=O)N1CCN(c2nc(OC[C@@H]3C[C@@H]4CCCC[C@@H]4N3C)nc3c2CC[C@@]2(CCc4c(Cl)cccc42)C3)C[C@@H]1CC#N. The average Bonchev–Trinajstić information content (AvgIpc) is 3.56. The molecule has 1 spiro atoms. The number of aromatic nitrogens is 2. The van der Waals surface area contributed by atoms with E-state index in [9.17, 15) is 14.4 Å². The molecule has 3 heterocycles. The fourth-order valence-corrected chi connectivity index (χ4v) is 9.41. The molecule has 0 unspecified atom stereocenters. The lowest BCUT2D eigenvalue weighted by atomic mass is 9.69. The van der Waals surface area contributed by atoms with Crippen LogP contribution in [0.25, 0.3) is 0 Å². The number of amides is 1. The predicted octanol–water partition coefficient (Wildman–Crippen LogP) is 5.56. The number of hydrogen-bond donors (Lipinski definition) is 0. The van der Waals surface area contributed by atoms with Gasteiger partial charge in [-0.25, -0.2) is 4.39 Å². The third-order valence-electron chi connectivity index (χ3n) is 11.5. The fourth-order valence-electron chi connectivity index (χ4n) is 9.14. The van der Waals surface area contributed by atoms with Crippen LogP contribution >= 0.6 is 11.6 Å². The van der Waals surface area contributed by atoms with Gasteiger partial charge in [0.1, 0.15) is 12.4 Å². The highest BCUT2D eigenvalue weighted by atomic mass is 35.5. The van der Waals surface area contributed by atoms with Crippen LogP contribution in [0.15, 0.2) is 30.6 Å². The van der Waals surface area contributed by atoms with E-state index in [0.29, 0.717) is 37.8 Å². The molecular formula is C35H42ClFN6O2. The van der Waals surface area contributed by atoms with Gasteiger partial charge >= 0.3 is 6.01 Å². The third kappa shape index (κ3) is 5.48. The van der Waals surface area contributed by atoms with E-state index < -0.39 is 17.8 Å². The summed E-state index contributed by atoms with van der Waals surface area (Å²) in [5.74, 6) is -0.189. The Labute approximate surface area is 270 Å². The molecule has 3 aliphatic carbocycles. The molecular weight excluding hydrogens is 591 g/mol. The van der Waals surface area contributed by atoms with E-state index in [2.05, 4.69) is 41.6 Å². The first-order valence-electron chi connectivity index (χ1n) is 16.6. The van der Waals surface area contributed by atoms with Crippen molar-refractivity contribution in [3.05, 3.63) is 58.0 Å². The maximum atomic E-state index is 13.9. The lowest BCUT2D eigenvalue weighted by Crippen LogP contribution is -2.55. The summed E-state index contributed by atoms with van der Waals surface area (Å²) in [5.41, 5.74) is 4.70. The second kappa shape index (κ2) is 12.2. The first kappa shape index (κ1) is 30.4. The van der Waals surface area contributed by atoms with Gasteiger partial charge in [-0.05, 0) is 81.5 Å². The van der Waals surface area contributed by atoms with Crippen molar-refractivity contribution in [3.63, 3.8) is 0 Å². The van der Waals surface area contributed by atoms with Gasteiger partial charge in [-0.3, -0.25) is 9.69 Å². The Balaban J connectivity index is 1.20. The number of likely N-dealkylation sites (tertiary alicyclic amines) is 1. The lowest BCUT2D eigenvalue weighted by molar-refractivity contribution is -0.131. The molecule has 45 heavy (non-hydrogen) atoms. The molecule has 5 atom stereocenters. The zero-order valence-corrected chi connectivity index (χ0v) is 26.9. The number of rotatable bonds is 6. The molecule has 238 valence electrons. The summed E-state index contributed by atoms with van der Waals surface area (Å²) in [5, 5.41) is 10.4. The number of hydrogen-bond acceptors (Lipinski definition) is 7. The molecule has 0 N–H and O–H groups in total. The van der Waals surface area contributed by atoms with Crippen molar-refractivity contribution in [3.8, 4) is 12.1 Å². The van der Waals surface area contributed by atoms with Gasteiger partial charge in [-0.1, -0.05) is 43.2 Å². The van der Waals surface area contributed by atoms with Crippen LogP contribution in [-0.4, -0.2) is 77.1 Å². The van der Waals surface area contributed by atoms with Crippen LogP contribution in [0.3, 0.4) is 0 Å². The quantitative estimate of drug-likeness (QED) is 0.386. The number of nitrogens with zero attached hydrogens (tertiary/aromatic N) is 6. The zero-order valence-electron chi connectivity index (χ0n) is 26.1. The molecule has 7 rings (SSSR count). The maximum Gasteiger partial charge on any atom is 0.318 e. The first-order chi connectivity index (χ1) is 21.8. The summed E-state index contributed by atoms with van der Waals surface area (Å²) in [7, 11) is 2.23. The number of fused-ring (bicyclic) bond motifs is 4. The normalized spacial score (nSPS) is 29.2. The van der Waals surface area contributed by atoms with Crippen LogP contribution in [0.2, 0.25) is 5.02 Å². The molecule has 2 aliphatic heterocycles. The van der Waals surface area contributed by atoms with Gasteiger partial charge in [-0.15, -0.1) is 0 Å². The summed E-state index contributed by atoms with van der Waals surface area (Å²) in [6, 6.07) is 9.35. The number of carbonyl (C=O) groups is 1. The third-order valence-corrected chi connectivity index (χ3v) is 11.9. The van der Waals surface area contributed by atoms with Crippen molar-refractivity contribution in [2.24, 2.45) is 5.92 Å². The van der Waals surface area contributed by atoms with Gasteiger partial charge in [0.15, 0.2) is 5.83 Å². The van der Waals surface area contributed by atoms with E-state index in [1.54, 1.807) is 0 Å². The summed E-state index contributed by atoms with van der Waals surface area (Å²) in [6.45, 7) is 4.89. The van der Waals surface area contributed by atoms with Crippen LogP contribution in [-0.2, 0) is 29.5 Å². The summed E-state index contributed by atoms with van der Waals surface area (Å²) in [6.07, 6.45) is 11.0. The van der Waals surface area contributed by atoms with E-state index in [1.165, 1.54) is 41.7 Å². The fraction of sp³-hybridized carbons (Fsp3) is 0.600. The average molecular weight is 633 g/mol. The Morgan fingerprint density at radius 1 is 1.18 bits per heavy atom. The van der Waals surface area contributed by atoms with E-state index in [4.69, 9.17) is 26.3 Å². The standard InChI is InChI=1S/C35H42ClFN6O2/c1-22(37)33(44)43-17-16-42(20-24(43)12-15-38)32-27-11-14-35(13-10-26-28(35)7-5-8-29(26)36)19-30(27)39-34(40-32)45-21-25-18-23-6-3-4-9-31(23)41(25)2/h5,7-8,23-25,31H,1,3-4,6,9-14,16-21H2,2H3/t23-,24-,25-,31-,35-/m0/s1. The van der Waals surface area contributed by atoms with Crippen molar-refractivity contribution in [1.82, 2.24) is 19.8 Å². The van der Waals surface area contributed by atoms with Crippen LogP contribution in [0.1, 0.15) is 73.8 Å². The Bertz CT molecular complexity index is 1540. The molecule has 1 saturated carbocycles. The molecule has 1 aromatic carbocycles. The van der Waals surface area contributed by atoms with E-state index >= 15 is 0 Å². The first-order valence-corrected chi connectivity index (χ1v) is 17.0. The number of anilines is 1. The Kier molecular flexibility index (Phi) is 8.24. The minimum atomic E-state index is -1.000. The van der Waals surface area contributed by atoms with Gasteiger partial charge in [-0.2, -0.15) is 15.2 Å². The van der Waals surface area contributed by atoms with E-state index in [-0.39, 0.29) is 18.4 Å². The van der Waals surface area contributed by atoms with Crippen LogP contribution < -0.4 is 9.64 Å². The predicted molar refractivity (Wildman–Crippen MR) is 171 cm³/mol. The molecule has 1 aromatic heterocycles. The largest absolute Gasteiger partial charge is 0.462 e. The van der Waals surface area contributed by atoms with Crippen LogP contribution in [0, 0.1) is 17.2 Å². The molecule has 5 aliphatic rings. The van der Waals surface area contributed by atoms with Crippen LogP contribution in [0.4, 0.5) is 10.2 Å². The van der Waals surface area contributed by atoms with E-state index in [0.717, 1.165) is 66.5 Å². The number of likely N-dealkylation sites (N-methyl/N-ethyl adjacent to an activating group) is 1.